The van der Waals surface area contributed by atoms with Crippen LogP contribution in [-0.4, -0.2) is 20.6 Å². The molecule has 0 heterocycles. The quantitative estimate of drug-likeness (QED) is 0.619. The van der Waals surface area contributed by atoms with Gasteiger partial charge in [0.25, 0.3) is 10.0 Å². The number of benzene rings is 2. The highest BCUT2D eigenvalue weighted by Crippen LogP contribution is 2.14. The number of rotatable bonds is 5. The molecule has 0 spiro atoms. The van der Waals surface area contributed by atoms with Crippen LogP contribution in [0.3, 0.4) is 0 Å². The maximum atomic E-state index is 12.0. The Balaban J connectivity index is 2.08. The molecule has 0 radical (unpaired) electrons. The van der Waals surface area contributed by atoms with Crippen LogP contribution in [-0.2, 0) is 10.0 Å². The fourth-order valence-electron chi connectivity index (χ4n) is 1.54. The molecule has 0 atom stereocenters. The molecule has 6 nitrogen and oxygen atoms in total. The van der Waals surface area contributed by atoms with E-state index in [1.54, 1.807) is 12.1 Å². The van der Waals surface area contributed by atoms with Crippen molar-refractivity contribution in [2.45, 2.75) is 4.90 Å². The van der Waals surface area contributed by atoms with Crippen LogP contribution in [0.25, 0.3) is 0 Å². The average molecular weight is 382 g/mol. The molecular weight excluding hydrogens is 372 g/mol. The van der Waals surface area contributed by atoms with E-state index in [-0.39, 0.29) is 10.5 Å². The molecule has 1 N–H and O–H groups in total. The standard InChI is InChI=1S/C14H11BrN2O4S/c15-12-5-7-13(8-6-12)22(20,21)17-16-9-10-1-3-11(4-2-10)14(18)19/h1-9,17H,(H,18,19)/p-1/b16-9-. The maximum Gasteiger partial charge on any atom is 0.276 e. The third-order valence-corrected chi connectivity index (χ3v) is 4.42. The molecule has 0 aliphatic rings. The van der Waals surface area contributed by atoms with Crippen molar-refractivity contribution in [2.24, 2.45) is 5.10 Å². The van der Waals surface area contributed by atoms with Gasteiger partial charge in [0.2, 0.25) is 0 Å². The minimum absolute atomic E-state index is 0.0348. The van der Waals surface area contributed by atoms with Crippen LogP contribution < -0.4 is 9.94 Å². The van der Waals surface area contributed by atoms with E-state index in [4.69, 9.17) is 0 Å². The van der Waals surface area contributed by atoms with E-state index in [0.29, 0.717) is 5.56 Å². The van der Waals surface area contributed by atoms with Crippen LogP contribution in [0.15, 0.2) is 63.0 Å². The first-order valence-electron chi connectivity index (χ1n) is 6.00. The highest BCUT2D eigenvalue weighted by atomic mass is 79.9. The van der Waals surface area contributed by atoms with E-state index in [1.807, 2.05) is 0 Å². The van der Waals surface area contributed by atoms with Crippen molar-refractivity contribution in [1.82, 2.24) is 4.83 Å². The van der Waals surface area contributed by atoms with Gasteiger partial charge in [-0.15, -0.1) is 0 Å². The number of hydrazone groups is 1. The van der Waals surface area contributed by atoms with Gasteiger partial charge < -0.3 is 9.90 Å². The van der Waals surface area contributed by atoms with Crippen molar-refractivity contribution in [2.75, 3.05) is 0 Å². The second-order valence-electron chi connectivity index (χ2n) is 4.22. The molecule has 0 bridgehead atoms. The van der Waals surface area contributed by atoms with Crippen LogP contribution in [0.4, 0.5) is 0 Å². The lowest BCUT2D eigenvalue weighted by molar-refractivity contribution is -0.255. The third kappa shape index (κ3) is 4.15. The molecule has 0 unspecified atom stereocenters. The molecular formula is C14H10BrN2O4S-. The minimum Gasteiger partial charge on any atom is -0.545 e. The van der Waals surface area contributed by atoms with Crippen molar-refractivity contribution in [3.05, 3.63) is 64.1 Å². The number of carboxylic acids is 1. The summed E-state index contributed by atoms with van der Waals surface area (Å²) >= 11 is 3.22. The number of nitrogens with one attached hydrogen (secondary N) is 1. The zero-order valence-electron chi connectivity index (χ0n) is 11.1. The minimum atomic E-state index is -3.74. The highest BCUT2D eigenvalue weighted by molar-refractivity contribution is 9.10. The molecule has 0 aliphatic heterocycles. The Labute approximate surface area is 135 Å². The third-order valence-electron chi connectivity index (χ3n) is 2.66. The molecule has 0 aromatic heterocycles. The Morgan fingerprint density at radius 3 is 2.23 bits per heavy atom. The summed E-state index contributed by atoms with van der Waals surface area (Å²) in [6.07, 6.45) is 1.27. The van der Waals surface area contributed by atoms with Crippen LogP contribution in [0.2, 0.25) is 0 Å². The molecule has 22 heavy (non-hydrogen) atoms. The Hall–Kier alpha value is -2.19. The van der Waals surface area contributed by atoms with Crippen molar-refractivity contribution < 1.29 is 18.3 Å². The number of nitrogens with zero attached hydrogens (tertiary/aromatic N) is 1. The lowest BCUT2D eigenvalue weighted by Gasteiger charge is -2.04. The Morgan fingerprint density at radius 2 is 1.68 bits per heavy atom. The second kappa shape index (κ2) is 6.71. The number of carboxylic acid groups (broad SMARTS) is 1. The van der Waals surface area contributed by atoms with E-state index in [0.717, 1.165) is 4.47 Å². The van der Waals surface area contributed by atoms with Crippen LogP contribution in [0, 0.1) is 0 Å². The van der Waals surface area contributed by atoms with Crippen LogP contribution >= 0.6 is 15.9 Å². The molecule has 0 amide bonds. The molecule has 2 rings (SSSR count). The van der Waals surface area contributed by atoms with Gasteiger partial charge in [-0.05, 0) is 35.4 Å². The van der Waals surface area contributed by atoms with Gasteiger partial charge in [0.15, 0.2) is 0 Å². The van der Waals surface area contributed by atoms with Crippen molar-refractivity contribution >= 4 is 38.1 Å². The smallest absolute Gasteiger partial charge is 0.276 e. The highest BCUT2D eigenvalue weighted by Gasteiger charge is 2.11. The first-order chi connectivity index (χ1) is 10.4. The number of sulfonamides is 1. The van der Waals surface area contributed by atoms with Gasteiger partial charge in [0, 0.05) is 4.47 Å². The summed E-state index contributed by atoms with van der Waals surface area (Å²) in [5, 5.41) is 14.2. The summed E-state index contributed by atoms with van der Waals surface area (Å²) in [5.41, 5.74) is 0.580. The van der Waals surface area contributed by atoms with E-state index in [1.165, 1.54) is 42.6 Å². The number of carbonyl (C=O) groups excluding carboxylic acids is 1. The Kier molecular flexibility index (Phi) is 4.94. The summed E-state index contributed by atoms with van der Waals surface area (Å²) in [7, 11) is -3.74. The summed E-state index contributed by atoms with van der Waals surface area (Å²) in [5.74, 6) is -1.28. The van der Waals surface area contributed by atoms with Gasteiger partial charge in [0.05, 0.1) is 17.1 Å². The fourth-order valence-corrected chi connectivity index (χ4v) is 2.60. The summed E-state index contributed by atoms with van der Waals surface area (Å²) in [4.78, 5) is 12.8. The maximum absolute atomic E-state index is 12.0. The van der Waals surface area contributed by atoms with Gasteiger partial charge in [-0.25, -0.2) is 4.83 Å². The first-order valence-corrected chi connectivity index (χ1v) is 8.28. The summed E-state index contributed by atoms with van der Waals surface area (Å²) in [6.45, 7) is 0. The lowest BCUT2D eigenvalue weighted by Crippen LogP contribution is -2.22. The van der Waals surface area contributed by atoms with E-state index >= 15 is 0 Å². The van der Waals surface area contributed by atoms with Gasteiger partial charge in [0.1, 0.15) is 0 Å². The molecule has 8 heteroatoms. The van der Waals surface area contributed by atoms with E-state index < -0.39 is 16.0 Å². The lowest BCUT2D eigenvalue weighted by atomic mass is 10.1. The zero-order valence-corrected chi connectivity index (χ0v) is 13.5. The predicted octanol–water partition coefficient (Wildman–Crippen LogP) is 1.12. The molecule has 0 saturated carbocycles. The molecule has 0 aliphatic carbocycles. The number of hydrogen-bond acceptors (Lipinski definition) is 5. The first kappa shape index (κ1) is 16.2. The molecule has 114 valence electrons. The van der Waals surface area contributed by atoms with Crippen molar-refractivity contribution in [3.8, 4) is 0 Å². The summed E-state index contributed by atoms with van der Waals surface area (Å²) in [6, 6.07) is 11.8. The van der Waals surface area contributed by atoms with Crippen LogP contribution in [0.5, 0.6) is 0 Å². The van der Waals surface area contributed by atoms with E-state index in [9.17, 15) is 18.3 Å². The van der Waals surface area contributed by atoms with Gasteiger partial charge in [-0.3, -0.25) is 0 Å². The number of hydrogen-bond donors (Lipinski definition) is 1. The fraction of sp³-hybridized carbons (Fsp3) is 0. The molecule has 2 aromatic rings. The zero-order chi connectivity index (χ0) is 16.2. The SMILES string of the molecule is O=C([O-])c1ccc(/C=N\NS(=O)(=O)c2ccc(Br)cc2)cc1. The van der Waals surface area contributed by atoms with Crippen LogP contribution in [0.1, 0.15) is 15.9 Å². The van der Waals surface area contributed by atoms with Gasteiger partial charge in [-0.2, -0.15) is 13.5 Å². The van der Waals surface area contributed by atoms with Gasteiger partial charge in [-0.1, -0.05) is 40.2 Å². The average Bonchev–Trinajstić information content (AvgIpc) is 2.48. The molecule has 0 saturated heterocycles. The van der Waals surface area contributed by atoms with Gasteiger partial charge >= 0.3 is 0 Å². The monoisotopic (exact) mass is 381 g/mol. The second-order valence-corrected chi connectivity index (χ2v) is 6.79. The number of carbonyl (C=O) groups is 1. The normalized spacial score (nSPS) is 11.5. The molecule has 0 fully saturated rings. The predicted molar refractivity (Wildman–Crippen MR) is 82.8 cm³/mol. The van der Waals surface area contributed by atoms with Crippen molar-refractivity contribution in [1.29, 1.82) is 0 Å². The Morgan fingerprint density at radius 1 is 1.09 bits per heavy atom. The summed E-state index contributed by atoms with van der Waals surface area (Å²) < 4.78 is 24.7. The van der Waals surface area contributed by atoms with Crippen molar-refractivity contribution in [3.63, 3.8) is 0 Å². The molecule has 2 aromatic carbocycles. The topological polar surface area (TPSA) is 98.7 Å². The Bertz CT molecular complexity index is 800. The largest absolute Gasteiger partial charge is 0.545 e. The van der Waals surface area contributed by atoms with E-state index in [2.05, 4.69) is 25.9 Å². The number of halogens is 1. The number of aromatic carboxylic acids is 1.